The normalized spacial score (nSPS) is 15.5. The molecule has 1 atom stereocenters. The van der Waals surface area contributed by atoms with Gasteiger partial charge in [-0.15, -0.1) is 0 Å². The average Bonchev–Trinajstić information content (AvgIpc) is 3.69. The molecule has 0 spiro atoms. The van der Waals surface area contributed by atoms with E-state index in [9.17, 15) is 18.0 Å². The van der Waals surface area contributed by atoms with Gasteiger partial charge in [0.25, 0.3) is 5.91 Å². The molecule has 5 rings (SSSR count). The van der Waals surface area contributed by atoms with Crippen molar-refractivity contribution in [2.75, 3.05) is 19.6 Å². The van der Waals surface area contributed by atoms with Crippen LogP contribution in [0.2, 0.25) is 15.2 Å². The monoisotopic (exact) mass is 735 g/mol. The van der Waals surface area contributed by atoms with Crippen LogP contribution >= 0.6 is 34.8 Å². The van der Waals surface area contributed by atoms with Crippen LogP contribution in [0.3, 0.4) is 0 Å². The summed E-state index contributed by atoms with van der Waals surface area (Å²) in [5.74, 6) is -0.448. The van der Waals surface area contributed by atoms with Gasteiger partial charge in [0, 0.05) is 47.5 Å². The van der Waals surface area contributed by atoms with E-state index in [0.29, 0.717) is 52.6 Å². The number of hydrogen-bond donors (Lipinski definition) is 4. The van der Waals surface area contributed by atoms with E-state index in [1.165, 1.54) is 12.1 Å². The molecule has 1 fully saturated rings. The summed E-state index contributed by atoms with van der Waals surface area (Å²) in [6, 6.07) is 11.5. The number of ether oxygens (including phenoxy) is 1. The summed E-state index contributed by atoms with van der Waals surface area (Å²) in [4.78, 5) is 29.8. The molecule has 17 heteroatoms. The van der Waals surface area contributed by atoms with Gasteiger partial charge in [-0.3, -0.25) is 14.0 Å². The molecule has 2 amide bonds. The summed E-state index contributed by atoms with van der Waals surface area (Å²) < 4.78 is 36.5. The molecule has 0 bridgehead atoms. The first-order valence-electron chi connectivity index (χ1n) is 14.8. The number of nitrogens with zero attached hydrogens (tertiary/aromatic N) is 4. The molecule has 1 saturated heterocycles. The van der Waals surface area contributed by atoms with Gasteiger partial charge in [0.1, 0.15) is 22.7 Å². The number of nitrogens with one attached hydrogen (secondary N) is 2. The van der Waals surface area contributed by atoms with E-state index in [-0.39, 0.29) is 58.5 Å². The summed E-state index contributed by atoms with van der Waals surface area (Å²) in [6.45, 7) is 2.23. The third-order valence-corrected chi connectivity index (χ3v) is 11.1. The van der Waals surface area contributed by atoms with Crippen molar-refractivity contribution in [3.8, 4) is 5.75 Å². The second kappa shape index (κ2) is 15.0. The maximum Gasteiger partial charge on any atom is 0.251 e. The minimum absolute atomic E-state index is 0.0704. The summed E-state index contributed by atoms with van der Waals surface area (Å²) in [7, 11) is -4.20. The Balaban J connectivity index is 1.19. The van der Waals surface area contributed by atoms with Gasteiger partial charge in [0.15, 0.2) is 17.2 Å². The van der Waals surface area contributed by atoms with Gasteiger partial charge in [-0.1, -0.05) is 52.1 Å². The van der Waals surface area contributed by atoms with E-state index in [1.807, 2.05) is 0 Å². The van der Waals surface area contributed by atoms with Crippen molar-refractivity contribution in [3.63, 3.8) is 0 Å². The number of rotatable bonds is 12. The third-order valence-electron chi connectivity index (χ3n) is 7.82. The number of nitrogens with two attached hydrogens (primary N) is 1. The number of amides is 2. The number of fused-ring (bicyclic) bond motifs is 1. The Morgan fingerprint density at radius 3 is 2.52 bits per heavy atom. The number of aryl methyl sites for hydroxylation is 1. The molecule has 48 heavy (non-hydrogen) atoms. The van der Waals surface area contributed by atoms with E-state index < -0.39 is 22.0 Å². The summed E-state index contributed by atoms with van der Waals surface area (Å²) in [5.41, 5.74) is 7.75. The fraction of sp³-hybridized carbons (Fsp3) is 0.290. The molecule has 0 aliphatic carbocycles. The highest BCUT2D eigenvalue weighted by molar-refractivity contribution is 7.89. The largest absolute Gasteiger partial charge is 0.485 e. The van der Waals surface area contributed by atoms with Crippen LogP contribution in [0.15, 0.2) is 64.8 Å². The van der Waals surface area contributed by atoms with E-state index in [0.717, 1.165) is 4.31 Å². The number of benzene rings is 2. The molecule has 0 radical (unpaired) electrons. The predicted molar refractivity (Wildman–Crippen MR) is 182 cm³/mol. The van der Waals surface area contributed by atoms with Crippen molar-refractivity contribution in [2.24, 2.45) is 10.9 Å². The van der Waals surface area contributed by atoms with Gasteiger partial charge in [0.2, 0.25) is 15.9 Å². The van der Waals surface area contributed by atoms with Crippen LogP contribution in [0, 0.1) is 6.92 Å². The number of sulfonamides is 1. The van der Waals surface area contributed by atoms with Gasteiger partial charge >= 0.3 is 0 Å². The zero-order valence-electron chi connectivity index (χ0n) is 25.6. The molecule has 0 unspecified atom stereocenters. The lowest BCUT2D eigenvalue weighted by Gasteiger charge is -2.24. The Morgan fingerprint density at radius 2 is 1.79 bits per heavy atom. The third kappa shape index (κ3) is 7.32. The van der Waals surface area contributed by atoms with Crippen molar-refractivity contribution in [3.05, 3.63) is 92.3 Å². The molecule has 0 saturated carbocycles. The smallest absolute Gasteiger partial charge is 0.251 e. The topological polar surface area (TPSA) is 181 Å². The molecule has 13 nitrogen and oxygen atoms in total. The van der Waals surface area contributed by atoms with Crippen LogP contribution in [0.4, 0.5) is 0 Å². The number of pyridine rings is 1. The van der Waals surface area contributed by atoms with Crippen LogP contribution < -0.4 is 21.1 Å². The second-order valence-corrected chi connectivity index (χ2v) is 13.9. The minimum atomic E-state index is -4.20. The van der Waals surface area contributed by atoms with Crippen LogP contribution in [-0.4, -0.2) is 70.6 Å². The molecule has 2 aromatic carbocycles. The molecular formula is C31H32Cl3N7O6S. The van der Waals surface area contributed by atoms with E-state index in [4.69, 9.17) is 50.5 Å². The molecule has 5 N–H and O–H groups in total. The number of amidine groups is 1. The van der Waals surface area contributed by atoms with E-state index >= 15 is 0 Å². The minimum Gasteiger partial charge on any atom is -0.485 e. The number of oxime groups is 1. The van der Waals surface area contributed by atoms with E-state index in [2.05, 4.69) is 20.8 Å². The van der Waals surface area contributed by atoms with Gasteiger partial charge in [-0.2, -0.15) is 4.31 Å². The number of halogens is 3. The molecule has 2 aromatic heterocycles. The molecule has 1 aliphatic heterocycles. The maximum absolute atomic E-state index is 13.9. The number of carbonyl (C=O) groups is 2. The lowest BCUT2D eigenvalue weighted by molar-refractivity contribution is -0.124. The van der Waals surface area contributed by atoms with Crippen LogP contribution in [0.25, 0.3) is 5.65 Å². The SMILES string of the molecule is Cc1nc2c(OCc3c(Cl)ccc(S(=O)(=O)N4CCC[C@H]4C(=O)NCCCNC(=O)c4ccc(/C(N)=N\O)cc4)c3Cl)cccn2c1Cl. The molecule has 4 aromatic rings. The Kier molecular flexibility index (Phi) is 11.0. The van der Waals surface area contributed by atoms with Crippen molar-refractivity contribution in [1.29, 1.82) is 0 Å². The summed E-state index contributed by atoms with van der Waals surface area (Å²) in [5, 5.41) is 17.8. The standard InChI is InChI=1S/C31H32Cl3N7O6S/c1-18-27(34)40-15-3-6-24(29(40)38-18)47-17-21-22(32)11-12-25(26(21)33)48(45,46)41-16-2-5-23(41)31(43)37-14-4-13-36-30(42)20-9-7-19(8-10-20)28(35)39-44/h3,6-12,15,23,44H,2,4-5,13-14,16-17H2,1H3,(H2,35,39)(H,36,42)(H,37,43)/t23-/m0/s1. The van der Waals surface area contributed by atoms with Crippen molar-refractivity contribution in [2.45, 2.75) is 43.7 Å². The number of imidazole rings is 1. The van der Waals surface area contributed by atoms with Gasteiger partial charge < -0.3 is 26.3 Å². The first-order chi connectivity index (χ1) is 22.9. The maximum atomic E-state index is 13.9. The summed E-state index contributed by atoms with van der Waals surface area (Å²) >= 11 is 19.4. The first-order valence-corrected chi connectivity index (χ1v) is 17.4. The van der Waals surface area contributed by atoms with Crippen LogP contribution in [-0.2, 0) is 21.4 Å². The number of carbonyl (C=O) groups excluding carboxylic acids is 2. The lowest BCUT2D eigenvalue weighted by atomic mass is 10.1. The van der Waals surface area contributed by atoms with Gasteiger partial charge in [0.05, 0.1) is 10.7 Å². The Bertz CT molecular complexity index is 1990. The molecule has 3 heterocycles. The van der Waals surface area contributed by atoms with Crippen LogP contribution in [0.1, 0.15) is 46.4 Å². The lowest BCUT2D eigenvalue weighted by Crippen LogP contribution is -2.46. The highest BCUT2D eigenvalue weighted by Crippen LogP contribution is 2.36. The first kappa shape index (κ1) is 35.2. The molecular weight excluding hydrogens is 705 g/mol. The Labute approximate surface area is 291 Å². The predicted octanol–water partition coefficient (Wildman–Crippen LogP) is 4.37. The highest BCUT2D eigenvalue weighted by atomic mass is 35.5. The van der Waals surface area contributed by atoms with Gasteiger partial charge in [-0.05, 0) is 62.6 Å². The Hall–Kier alpha value is -4.08. The highest BCUT2D eigenvalue weighted by Gasteiger charge is 2.40. The summed E-state index contributed by atoms with van der Waals surface area (Å²) in [6.07, 6.45) is 2.97. The van der Waals surface area contributed by atoms with Crippen molar-refractivity contribution in [1.82, 2.24) is 24.3 Å². The van der Waals surface area contributed by atoms with Crippen molar-refractivity contribution < 1.29 is 28.0 Å². The number of hydrogen-bond acceptors (Lipinski definition) is 8. The zero-order chi connectivity index (χ0) is 34.6. The molecule has 1 aliphatic rings. The Morgan fingerprint density at radius 1 is 1.08 bits per heavy atom. The zero-order valence-corrected chi connectivity index (χ0v) is 28.7. The fourth-order valence-corrected chi connectivity index (χ4v) is 7.98. The average molecular weight is 737 g/mol. The van der Waals surface area contributed by atoms with Crippen LogP contribution in [0.5, 0.6) is 5.75 Å². The number of aromatic nitrogens is 2. The fourth-order valence-electron chi connectivity index (χ4n) is 5.29. The quantitative estimate of drug-likeness (QED) is 0.0544. The van der Waals surface area contributed by atoms with Gasteiger partial charge in [-0.25, -0.2) is 13.4 Å². The van der Waals surface area contributed by atoms with E-state index in [1.54, 1.807) is 53.9 Å². The van der Waals surface area contributed by atoms with Crippen molar-refractivity contribution >= 4 is 68.1 Å². The molecule has 254 valence electrons. The second-order valence-electron chi connectivity index (χ2n) is 10.9.